The van der Waals surface area contributed by atoms with E-state index < -0.39 is 0 Å². The lowest BCUT2D eigenvalue weighted by Crippen LogP contribution is -2.15. The summed E-state index contributed by atoms with van der Waals surface area (Å²) in [5.41, 5.74) is 7.49. The van der Waals surface area contributed by atoms with E-state index in [1.807, 2.05) is 0 Å². The van der Waals surface area contributed by atoms with E-state index in [1.165, 1.54) is 6.07 Å². The molecule has 5 N–H and O–H groups in total. The molecule has 0 aromatic heterocycles. The van der Waals surface area contributed by atoms with Crippen LogP contribution in [0.5, 0.6) is 5.75 Å². The zero-order valence-electron chi connectivity index (χ0n) is 11.4. The zero-order chi connectivity index (χ0) is 15.4. The summed E-state index contributed by atoms with van der Waals surface area (Å²) in [6, 6.07) is 11.3. The Hall–Kier alpha value is -3.02. The highest BCUT2D eigenvalue weighted by Gasteiger charge is 2.11. The van der Waals surface area contributed by atoms with E-state index in [0.717, 1.165) is 0 Å². The maximum Gasteiger partial charge on any atom is 0.256 e. The number of anilines is 1. The van der Waals surface area contributed by atoms with Crippen LogP contribution in [0, 0.1) is 6.92 Å². The third-order valence-electron chi connectivity index (χ3n) is 3.10. The normalized spacial score (nSPS) is 11.2. The average Bonchev–Trinajstić information content (AvgIpc) is 2.50. The maximum atomic E-state index is 12.2. The number of carbonyl (C=O) groups excluding carboxylic acids is 1. The molecule has 108 valence electrons. The van der Waals surface area contributed by atoms with Crippen molar-refractivity contribution >= 4 is 17.4 Å². The second kappa shape index (κ2) is 5.96. The van der Waals surface area contributed by atoms with E-state index in [4.69, 9.17) is 10.9 Å². The quantitative estimate of drug-likeness (QED) is 0.299. The van der Waals surface area contributed by atoms with Gasteiger partial charge in [-0.25, -0.2) is 0 Å². The summed E-state index contributed by atoms with van der Waals surface area (Å²) in [4.78, 5) is 12.2. The minimum absolute atomic E-state index is 0.00305. The van der Waals surface area contributed by atoms with Crippen LogP contribution in [0.25, 0.3) is 0 Å². The first kappa shape index (κ1) is 14.4. The van der Waals surface area contributed by atoms with Crippen molar-refractivity contribution in [2.24, 2.45) is 10.9 Å². The summed E-state index contributed by atoms with van der Waals surface area (Å²) in [7, 11) is 0. The van der Waals surface area contributed by atoms with Gasteiger partial charge in [0.05, 0.1) is 0 Å². The fourth-order valence-electron chi connectivity index (χ4n) is 1.85. The summed E-state index contributed by atoms with van der Waals surface area (Å²) in [5, 5.41) is 23.8. The predicted molar refractivity (Wildman–Crippen MR) is 79.7 cm³/mol. The molecule has 6 nitrogen and oxygen atoms in total. The van der Waals surface area contributed by atoms with Gasteiger partial charge in [-0.15, -0.1) is 0 Å². The highest BCUT2D eigenvalue weighted by atomic mass is 16.4. The van der Waals surface area contributed by atoms with Crippen molar-refractivity contribution < 1.29 is 15.1 Å². The number of aromatic hydroxyl groups is 1. The van der Waals surface area contributed by atoms with Crippen LogP contribution in [0.3, 0.4) is 0 Å². The summed E-state index contributed by atoms with van der Waals surface area (Å²) in [5.74, 6) is -0.249. The number of benzene rings is 2. The van der Waals surface area contributed by atoms with Crippen molar-refractivity contribution in [1.82, 2.24) is 0 Å². The summed E-state index contributed by atoms with van der Waals surface area (Å²) >= 11 is 0. The number of nitrogens with one attached hydrogen (secondary N) is 1. The minimum Gasteiger partial charge on any atom is -0.508 e. The van der Waals surface area contributed by atoms with Crippen molar-refractivity contribution in [3.8, 4) is 5.75 Å². The molecule has 0 heterocycles. The van der Waals surface area contributed by atoms with Crippen LogP contribution in [0.4, 0.5) is 5.69 Å². The first-order chi connectivity index (χ1) is 10.0. The number of nitrogens with two attached hydrogens (primary N) is 1. The Balaban J connectivity index is 2.18. The van der Waals surface area contributed by atoms with Crippen molar-refractivity contribution in [1.29, 1.82) is 0 Å². The fraction of sp³-hybridized carbons (Fsp3) is 0.0667. The number of amides is 1. The highest BCUT2D eigenvalue weighted by molar-refractivity contribution is 6.06. The molecular formula is C15H15N3O3. The first-order valence-corrected chi connectivity index (χ1v) is 6.21. The summed E-state index contributed by atoms with van der Waals surface area (Å²) in [6.45, 7) is 1.67. The van der Waals surface area contributed by atoms with Gasteiger partial charge in [0.2, 0.25) is 0 Å². The van der Waals surface area contributed by atoms with Gasteiger partial charge in [-0.2, -0.15) is 0 Å². The lowest BCUT2D eigenvalue weighted by atomic mass is 10.1. The number of amidine groups is 1. The molecule has 2 aromatic rings. The lowest BCUT2D eigenvalue weighted by Gasteiger charge is -2.09. The smallest absolute Gasteiger partial charge is 0.256 e. The summed E-state index contributed by atoms with van der Waals surface area (Å²) < 4.78 is 0. The molecule has 0 unspecified atom stereocenters. The topological polar surface area (TPSA) is 108 Å². The second-order valence-electron chi connectivity index (χ2n) is 4.47. The molecule has 0 aliphatic carbocycles. The average molecular weight is 285 g/mol. The Morgan fingerprint density at radius 2 is 1.86 bits per heavy atom. The van der Waals surface area contributed by atoms with Gasteiger partial charge in [-0.3, -0.25) is 4.79 Å². The Morgan fingerprint density at radius 1 is 1.19 bits per heavy atom. The number of phenols is 1. The Kier molecular flexibility index (Phi) is 4.08. The number of oxime groups is 1. The van der Waals surface area contributed by atoms with E-state index in [9.17, 15) is 9.90 Å². The first-order valence-electron chi connectivity index (χ1n) is 6.21. The second-order valence-corrected chi connectivity index (χ2v) is 4.47. The molecule has 0 atom stereocenters. The third-order valence-corrected chi connectivity index (χ3v) is 3.10. The summed E-state index contributed by atoms with van der Waals surface area (Å²) in [6.07, 6.45) is 0. The van der Waals surface area contributed by atoms with E-state index >= 15 is 0 Å². The van der Waals surface area contributed by atoms with E-state index in [0.29, 0.717) is 22.4 Å². The number of hydrogen-bond acceptors (Lipinski definition) is 4. The van der Waals surface area contributed by atoms with E-state index in [2.05, 4.69) is 10.5 Å². The van der Waals surface area contributed by atoms with Crippen LogP contribution in [-0.4, -0.2) is 22.1 Å². The third kappa shape index (κ3) is 3.11. The predicted octanol–water partition coefficient (Wildman–Crippen LogP) is 2.05. The van der Waals surface area contributed by atoms with Gasteiger partial charge in [-0.05, 0) is 43.3 Å². The highest BCUT2D eigenvalue weighted by Crippen LogP contribution is 2.20. The van der Waals surface area contributed by atoms with Gasteiger partial charge in [0, 0.05) is 22.4 Å². The van der Waals surface area contributed by atoms with E-state index in [-0.39, 0.29) is 17.5 Å². The molecule has 0 bridgehead atoms. The number of phenolic OH excluding ortho intramolecular Hbond substituents is 1. The SMILES string of the molecule is Cc1c(O)cccc1C(=O)Nc1ccc(/C(N)=N/O)cc1. The molecule has 2 rings (SSSR count). The number of hydrogen-bond donors (Lipinski definition) is 4. The number of rotatable bonds is 3. The molecule has 0 saturated carbocycles. The monoisotopic (exact) mass is 285 g/mol. The van der Waals surface area contributed by atoms with Crippen LogP contribution in [0.1, 0.15) is 21.5 Å². The van der Waals surface area contributed by atoms with Gasteiger partial charge in [0.1, 0.15) is 5.75 Å². The molecule has 1 amide bonds. The van der Waals surface area contributed by atoms with Crippen LogP contribution in [0.15, 0.2) is 47.6 Å². The molecular weight excluding hydrogens is 270 g/mol. The van der Waals surface area contributed by atoms with Gasteiger partial charge in [0.25, 0.3) is 5.91 Å². The molecule has 0 aliphatic rings. The zero-order valence-corrected chi connectivity index (χ0v) is 11.4. The van der Waals surface area contributed by atoms with Crippen molar-refractivity contribution in [3.05, 3.63) is 59.2 Å². The molecule has 0 aliphatic heterocycles. The molecule has 0 radical (unpaired) electrons. The van der Waals surface area contributed by atoms with Crippen molar-refractivity contribution in [3.63, 3.8) is 0 Å². The lowest BCUT2D eigenvalue weighted by molar-refractivity contribution is 0.102. The van der Waals surface area contributed by atoms with Crippen LogP contribution in [0.2, 0.25) is 0 Å². The van der Waals surface area contributed by atoms with Gasteiger partial charge < -0.3 is 21.4 Å². The fourth-order valence-corrected chi connectivity index (χ4v) is 1.85. The Labute approximate surface area is 121 Å². The van der Waals surface area contributed by atoms with Gasteiger partial charge in [-0.1, -0.05) is 11.2 Å². The Bertz CT molecular complexity index is 694. The maximum absolute atomic E-state index is 12.2. The minimum atomic E-state index is -0.319. The molecule has 6 heteroatoms. The molecule has 21 heavy (non-hydrogen) atoms. The van der Waals surface area contributed by atoms with Crippen LogP contribution >= 0.6 is 0 Å². The Morgan fingerprint density at radius 3 is 2.48 bits per heavy atom. The number of carbonyl (C=O) groups is 1. The van der Waals surface area contributed by atoms with E-state index in [1.54, 1.807) is 43.3 Å². The standard InChI is InChI=1S/C15H15N3O3/c1-9-12(3-2-4-13(9)19)15(20)17-11-7-5-10(6-8-11)14(16)18-21/h2-8,19,21H,1H3,(H2,16,18)(H,17,20). The molecule has 0 spiro atoms. The number of nitrogens with zero attached hydrogens (tertiary/aromatic N) is 1. The van der Waals surface area contributed by atoms with Crippen molar-refractivity contribution in [2.75, 3.05) is 5.32 Å². The molecule has 0 saturated heterocycles. The van der Waals surface area contributed by atoms with Gasteiger partial charge >= 0.3 is 0 Å². The molecule has 0 fully saturated rings. The van der Waals surface area contributed by atoms with Crippen molar-refractivity contribution in [2.45, 2.75) is 6.92 Å². The molecule has 2 aromatic carbocycles. The van der Waals surface area contributed by atoms with Gasteiger partial charge in [0.15, 0.2) is 5.84 Å². The van der Waals surface area contributed by atoms with Crippen LogP contribution < -0.4 is 11.1 Å². The van der Waals surface area contributed by atoms with Crippen LogP contribution in [-0.2, 0) is 0 Å². The largest absolute Gasteiger partial charge is 0.508 e.